The summed E-state index contributed by atoms with van der Waals surface area (Å²) in [6.45, 7) is 6.97. The molecule has 3 rings (SSSR count). The summed E-state index contributed by atoms with van der Waals surface area (Å²) >= 11 is 0. The van der Waals surface area contributed by atoms with Crippen molar-refractivity contribution in [2.45, 2.75) is 38.6 Å². The van der Waals surface area contributed by atoms with E-state index in [1.807, 2.05) is 18.0 Å². The van der Waals surface area contributed by atoms with E-state index < -0.39 is 0 Å². The van der Waals surface area contributed by atoms with Crippen LogP contribution in [0.1, 0.15) is 36.9 Å². The second-order valence-electron chi connectivity index (χ2n) is 6.79. The molecule has 3 heterocycles. The Morgan fingerprint density at radius 2 is 1.96 bits per heavy atom. The maximum absolute atomic E-state index is 12.8. The van der Waals surface area contributed by atoms with Crippen LogP contribution in [0.15, 0.2) is 18.3 Å². The highest BCUT2D eigenvalue weighted by Gasteiger charge is 2.35. The second-order valence-corrected chi connectivity index (χ2v) is 6.79. The van der Waals surface area contributed by atoms with Gasteiger partial charge in [0.2, 0.25) is 11.8 Å². The summed E-state index contributed by atoms with van der Waals surface area (Å²) in [6.07, 6.45) is 3.77. The Morgan fingerprint density at radius 3 is 2.58 bits per heavy atom. The molecule has 2 aliphatic heterocycles. The fourth-order valence-corrected chi connectivity index (χ4v) is 3.63. The van der Waals surface area contributed by atoms with Gasteiger partial charge in [0.25, 0.3) is 0 Å². The second kappa shape index (κ2) is 7.30. The summed E-state index contributed by atoms with van der Waals surface area (Å²) in [6, 6.07) is 3.84. The number of carbonyl (C=O) groups is 2. The number of hydrogen-bond donors (Lipinski definition) is 1. The van der Waals surface area contributed by atoms with E-state index in [2.05, 4.69) is 22.4 Å². The lowest BCUT2D eigenvalue weighted by atomic mass is 9.92. The van der Waals surface area contributed by atoms with Gasteiger partial charge in [-0.15, -0.1) is 0 Å². The first-order valence-corrected chi connectivity index (χ1v) is 8.75. The molecule has 0 unspecified atom stereocenters. The van der Waals surface area contributed by atoms with Gasteiger partial charge in [0, 0.05) is 57.5 Å². The molecule has 0 aliphatic carbocycles. The molecule has 1 atom stereocenters. The van der Waals surface area contributed by atoms with Crippen LogP contribution in [0.2, 0.25) is 0 Å². The summed E-state index contributed by atoms with van der Waals surface area (Å²) in [4.78, 5) is 32.8. The first kappa shape index (κ1) is 16.9. The molecule has 6 heteroatoms. The Kier molecular flexibility index (Phi) is 5.14. The number of aryl methyl sites for hydroxylation is 1. The van der Waals surface area contributed by atoms with Crippen LogP contribution in [0.3, 0.4) is 0 Å². The molecular formula is C18H26N4O2. The lowest BCUT2D eigenvalue weighted by Gasteiger charge is -2.39. The zero-order valence-electron chi connectivity index (χ0n) is 14.5. The molecule has 2 aliphatic rings. The highest BCUT2D eigenvalue weighted by Crippen LogP contribution is 2.27. The van der Waals surface area contributed by atoms with Crippen molar-refractivity contribution < 1.29 is 9.59 Å². The number of amides is 2. The van der Waals surface area contributed by atoms with E-state index in [9.17, 15) is 9.59 Å². The predicted molar refractivity (Wildman–Crippen MR) is 91.6 cm³/mol. The molecule has 0 spiro atoms. The van der Waals surface area contributed by atoms with Gasteiger partial charge in [-0.3, -0.25) is 14.6 Å². The van der Waals surface area contributed by atoms with Gasteiger partial charge in [0.05, 0.1) is 0 Å². The normalized spacial score (nSPS) is 22.5. The van der Waals surface area contributed by atoms with Gasteiger partial charge in [-0.2, -0.15) is 0 Å². The molecule has 1 aromatic heterocycles. The van der Waals surface area contributed by atoms with Gasteiger partial charge < -0.3 is 15.1 Å². The zero-order chi connectivity index (χ0) is 17.1. The lowest BCUT2D eigenvalue weighted by Crippen LogP contribution is -2.60. The van der Waals surface area contributed by atoms with Crippen molar-refractivity contribution in [2.24, 2.45) is 0 Å². The first-order chi connectivity index (χ1) is 11.6. The molecular weight excluding hydrogens is 304 g/mol. The van der Waals surface area contributed by atoms with Crippen molar-refractivity contribution in [1.82, 2.24) is 20.1 Å². The fourth-order valence-electron chi connectivity index (χ4n) is 3.63. The SMILES string of the molecule is CC(=O)N1CCNC[C@H]1C(=O)N1CCC(c2ccc(C)cn2)CC1. The Labute approximate surface area is 143 Å². The van der Waals surface area contributed by atoms with Crippen molar-refractivity contribution in [2.75, 3.05) is 32.7 Å². The first-order valence-electron chi connectivity index (χ1n) is 8.75. The maximum atomic E-state index is 12.8. The Bertz CT molecular complexity index is 594. The highest BCUT2D eigenvalue weighted by atomic mass is 16.2. The van der Waals surface area contributed by atoms with Crippen LogP contribution in [-0.4, -0.2) is 65.4 Å². The molecule has 1 aromatic rings. The van der Waals surface area contributed by atoms with Gasteiger partial charge in [-0.25, -0.2) is 0 Å². The third-order valence-corrected chi connectivity index (χ3v) is 5.09. The molecule has 0 radical (unpaired) electrons. The molecule has 0 aromatic carbocycles. The molecule has 2 saturated heterocycles. The summed E-state index contributed by atoms with van der Waals surface area (Å²) in [5, 5.41) is 3.23. The van der Waals surface area contributed by atoms with Crippen LogP contribution in [0, 0.1) is 6.92 Å². The number of likely N-dealkylation sites (tertiary alicyclic amines) is 1. The molecule has 0 bridgehead atoms. The van der Waals surface area contributed by atoms with E-state index in [1.165, 1.54) is 5.56 Å². The molecule has 1 N–H and O–H groups in total. The van der Waals surface area contributed by atoms with E-state index >= 15 is 0 Å². The van der Waals surface area contributed by atoms with E-state index in [-0.39, 0.29) is 17.9 Å². The minimum Gasteiger partial charge on any atom is -0.341 e. The van der Waals surface area contributed by atoms with Gasteiger partial charge in [-0.1, -0.05) is 6.07 Å². The van der Waals surface area contributed by atoms with Crippen molar-refractivity contribution in [3.05, 3.63) is 29.6 Å². The van der Waals surface area contributed by atoms with Crippen molar-refractivity contribution in [3.8, 4) is 0 Å². The average molecular weight is 330 g/mol. The number of hydrogen-bond acceptors (Lipinski definition) is 4. The quantitative estimate of drug-likeness (QED) is 0.876. The van der Waals surface area contributed by atoms with Gasteiger partial charge in [0.1, 0.15) is 6.04 Å². The van der Waals surface area contributed by atoms with Crippen molar-refractivity contribution in [1.29, 1.82) is 0 Å². The van der Waals surface area contributed by atoms with E-state index in [4.69, 9.17) is 0 Å². The van der Waals surface area contributed by atoms with Crippen LogP contribution in [0.5, 0.6) is 0 Å². The summed E-state index contributed by atoms with van der Waals surface area (Å²) in [5.74, 6) is 0.476. The molecule has 24 heavy (non-hydrogen) atoms. The zero-order valence-corrected chi connectivity index (χ0v) is 14.5. The van der Waals surface area contributed by atoms with Gasteiger partial charge in [0.15, 0.2) is 0 Å². The van der Waals surface area contributed by atoms with E-state index in [0.29, 0.717) is 19.0 Å². The Hall–Kier alpha value is -1.95. The molecule has 130 valence electrons. The summed E-state index contributed by atoms with van der Waals surface area (Å²) in [7, 11) is 0. The number of aromatic nitrogens is 1. The maximum Gasteiger partial charge on any atom is 0.246 e. The molecule has 6 nitrogen and oxygen atoms in total. The van der Waals surface area contributed by atoms with Crippen LogP contribution in [0.25, 0.3) is 0 Å². The van der Waals surface area contributed by atoms with Crippen LogP contribution < -0.4 is 5.32 Å². The Morgan fingerprint density at radius 1 is 1.21 bits per heavy atom. The largest absolute Gasteiger partial charge is 0.341 e. The number of pyridine rings is 1. The smallest absolute Gasteiger partial charge is 0.246 e. The minimum atomic E-state index is -0.356. The van der Waals surface area contributed by atoms with E-state index in [1.54, 1.807) is 11.8 Å². The topological polar surface area (TPSA) is 65.5 Å². The van der Waals surface area contributed by atoms with Gasteiger partial charge >= 0.3 is 0 Å². The summed E-state index contributed by atoms with van der Waals surface area (Å²) < 4.78 is 0. The number of piperidine rings is 1. The predicted octanol–water partition coefficient (Wildman–Crippen LogP) is 0.916. The van der Waals surface area contributed by atoms with Crippen LogP contribution in [0.4, 0.5) is 0 Å². The molecule has 2 amide bonds. The number of nitrogens with one attached hydrogen (secondary N) is 1. The summed E-state index contributed by atoms with van der Waals surface area (Å²) in [5.41, 5.74) is 2.29. The number of rotatable bonds is 2. The third kappa shape index (κ3) is 3.59. The molecule has 0 saturated carbocycles. The number of carbonyl (C=O) groups excluding carboxylic acids is 2. The lowest BCUT2D eigenvalue weighted by molar-refractivity contribution is -0.146. The van der Waals surface area contributed by atoms with Gasteiger partial charge in [-0.05, 0) is 31.4 Å². The average Bonchev–Trinajstić information content (AvgIpc) is 2.62. The number of piperazine rings is 1. The Balaban J connectivity index is 1.60. The van der Waals surface area contributed by atoms with Crippen LogP contribution in [-0.2, 0) is 9.59 Å². The third-order valence-electron chi connectivity index (χ3n) is 5.09. The van der Waals surface area contributed by atoms with Crippen molar-refractivity contribution >= 4 is 11.8 Å². The minimum absolute atomic E-state index is 0.0198. The van der Waals surface area contributed by atoms with Crippen molar-refractivity contribution in [3.63, 3.8) is 0 Å². The monoisotopic (exact) mass is 330 g/mol. The van der Waals surface area contributed by atoms with Crippen LogP contribution >= 0.6 is 0 Å². The standard InChI is InChI=1S/C18H26N4O2/c1-13-3-4-16(20-11-13)15-5-8-21(9-6-15)18(24)17-12-19-7-10-22(17)14(2)23/h3-4,11,15,17,19H,5-10,12H2,1-2H3/t17-/m0/s1. The number of nitrogens with zero attached hydrogens (tertiary/aromatic N) is 3. The highest BCUT2D eigenvalue weighted by molar-refractivity contribution is 5.87. The van der Waals surface area contributed by atoms with E-state index in [0.717, 1.165) is 38.2 Å². The fraction of sp³-hybridized carbons (Fsp3) is 0.611. The molecule has 2 fully saturated rings.